The molecule has 0 fully saturated rings. The highest BCUT2D eigenvalue weighted by molar-refractivity contribution is 9.10. The summed E-state index contributed by atoms with van der Waals surface area (Å²) in [6.07, 6.45) is 0.595. The lowest BCUT2D eigenvalue weighted by molar-refractivity contribution is -0.0480. The number of fused-ring (bicyclic) bond motifs is 4. The molecule has 2 heterocycles. The summed E-state index contributed by atoms with van der Waals surface area (Å²) in [7, 11) is 0.903. The van der Waals surface area contributed by atoms with Gasteiger partial charge in [-0.25, -0.2) is 4.98 Å². The average molecular weight is 821 g/mol. The average Bonchev–Trinajstić information content (AvgIpc) is 3.52. The lowest BCUT2D eigenvalue weighted by Gasteiger charge is -2.55. The summed E-state index contributed by atoms with van der Waals surface area (Å²) >= 11 is 10.3. The molecule has 13 heteroatoms. The van der Waals surface area contributed by atoms with Crippen LogP contribution in [0.4, 0.5) is 0 Å². The molecule has 3 aliphatic carbocycles. The molecule has 2 aromatic heterocycles. The summed E-state index contributed by atoms with van der Waals surface area (Å²) in [5.41, 5.74) is 0.780. The lowest BCUT2D eigenvalue weighted by Crippen LogP contribution is -2.65. The number of nitrogens with zero attached hydrogens (tertiary/aromatic N) is 3. The van der Waals surface area contributed by atoms with Gasteiger partial charge in [-0.15, -0.1) is 0 Å². The summed E-state index contributed by atoms with van der Waals surface area (Å²) in [5, 5.41) is 16.9. The van der Waals surface area contributed by atoms with Crippen molar-refractivity contribution in [1.29, 1.82) is 0 Å². The first-order chi connectivity index (χ1) is 25.1. The number of rotatable bonds is 9. The lowest BCUT2D eigenvalue weighted by atomic mass is 9.58. The van der Waals surface area contributed by atoms with Gasteiger partial charge in [-0.3, -0.25) is 14.5 Å². The van der Waals surface area contributed by atoms with Crippen LogP contribution in [0.5, 0.6) is 11.6 Å². The van der Waals surface area contributed by atoms with E-state index < -0.39 is 49.1 Å². The highest BCUT2D eigenvalue weighted by atomic mass is 79.9. The maximum atomic E-state index is 15.4. The van der Waals surface area contributed by atoms with Crippen molar-refractivity contribution in [2.75, 3.05) is 14.1 Å². The molecule has 0 radical (unpaired) electrons. The first kappa shape index (κ1) is 37.5. The number of carbonyl (C=O) groups excluding carboxylic acids is 2. The number of ether oxygens (including phenoxy) is 2. The fourth-order valence-corrected chi connectivity index (χ4v) is 9.99. The van der Waals surface area contributed by atoms with Crippen LogP contribution in [-0.2, 0) is 24.1 Å². The third-order valence-electron chi connectivity index (χ3n) is 11.3. The summed E-state index contributed by atoms with van der Waals surface area (Å²) in [6, 6.07) is 18.5. The number of Topliss-reactive ketones (excluding diaryl/α,β-unsaturated/α-hetero) is 2. The second kappa shape index (κ2) is 13.8. The van der Waals surface area contributed by atoms with E-state index in [4.69, 9.17) is 30.0 Å². The predicted molar refractivity (Wildman–Crippen MR) is 206 cm³/mol. The second-order valence-corrected chi connectivity index (χ2v) is 21.7. The number of ketones is 2. The fourth-order valence-electron chi connectivity index (χ4n) is 7.69. The number of pyridine rings is 1. The molecule has 1 N–H and O–H groups in total. The Morgan fingerprint density at radius 1 is 1.00 bits per heavy atom. The van der Waals surface area contributed by atoms with Gasteiger partial charge in [-0.05, 0) is 83.2 Å². The molecule has 0 unspecified atom stereocenters. The van der Waals surface area contributed by atoms with Gasteiger partial charge in [0.2, 0.25) is 5.78 Å². The Morgan fingerprint density at radius 3 is 2.19 bits per heavy atom. The number of aromatic nitrogens is 2. The maximum absolute atomic E-state index is 15.4. The zero-order chi connectivity index (χ0) is 38.0. The van der Waals surface area contributed by atoms with Crippen LogP contribution in [0.3, 0.4) is 0 Å². The number of allylic oxidation sites excluding steroid dienone is 1. The molecule has 10 nitrogen and oxygen atoms in total. The third kappa shape index (κ3) is 6.26. The standard InChI is InChI=1S/C40H43BrClN3O7Si/c1-39(2,3)53(6,7)52-40-26(30(45(4)5)32-29(35(40)48)38(44-51-32)50-21-23-16-12-9-13-17-23)19-24-18-25-28(31(46)27(24)34(40)47)33(36(41)43-37(25)42)49-20-22-14-10-8-11-15-22/h8-17,24,26,30,47H,18-21H2,1-7H3/t24-,26-,30-,40-/m0/s1. The first-order valence-electron chi connectivity index (χ1n) is 17.7. The molecule has 278 valence electrons. The summed E-state index contributed by atoms with van der Waals surface area (Å²) in [4.78, 5) is 36.9. The quantitative estimate of drug-likeness (QED) is 0.129. The molecule has 4 atom stereocenters. The smallest absolute Gasteiger partial charge is 0.265 e. The maximum Gasteiger partial charge on any atom is 0.265 e. The van der Waals surface area contributed by atoms with Crippen molar-refractivity contribution >= 4 is 47.4 Å². The van der Waals surface area contributed by atoms with Crippen molar-refractivity contribution in [2.45, 2.75) is 76.6 Å². The Kier molecular flexibility index (Phi) is 9.76. The van der Waals surface area contributed by atoms with Gasteiger partial charge in [0.15, 0.2) is 35.8 Å². The minimum Gasteiger partial charge on any atom is -0.508 e. The van der Waals surface area contributed by atoms with E-state index in [9.17, 15) is 9.90 Å². The van der Waals surface area contributed by atoms with Crippen LogP contribution in [-0.4, -0.2) is 59.7 Å². The van der Waals surface area contributed by atoms with E-state index in [0.29, 0.717) is 17.7 Å². The molecule has 3 aliphatic rings. The molecule has 0 aliphatic heterocycles. The second-order valence-electron chi connectivity index (χ2n) is 15.8. The Hall–Kier alpha value is -3.81. The number of hydrogen-bond acceptors (Lipinski definition) is 10. The van der Waals surface area contributed by atoms with Gasteiger partial charge in [-0.2, -0.15) is 0 Å². The highest BCUT2D eigenvalue weighted by Gasteiger charge is 2.67. The zero-order valence-electron chi connectivity index (χ0n) is 30.8. The van der Waals surface area contributed by atoms with Crippen LogP contribution >= 0.6 is 27.5 Å². The van der Waals surface area contributed by atoms with Gasteiger partial charge in [0, 0.05) is 17.1 Å². The van der Waals surface area contributed by atoms with E-state index in [2.05, 4.69) is 46.8 Å². The van der Waals surface area contributed by atoms with Crippen molar-refractivity contribution in [1.82, 2.24) is 15.0 Å². The van der Waals surface area contributed by atoms with Gasteiger partial charge in [0.25, 0.3) is 5.88 Å². The van der Waals surface area contributed by atoms with Gasteiger partial charge < -0.3 is 23.5 Å². The molecule has 0 saturated carbocycles. The molecule has 0 saturated heterocycles. The molecular formula is C40H43BrClN3O7Si. The SMILES string of the molecule is CN(C)[C@@H]1c2onc(OCc3ccccc3)c2C(=O)[C@@]2(O[Si](C)(C)C(C)(C)C)C(O)=C3C(=O)c4c(c(Cl)nc(Br)c4OCc4ccccc4)C[C@H]3C[C@@H]12. The minimum atomic E-state index is -2.88. The molecule has 0 spiro atoms. The number of carbonyl (C=O) groups is 2. The predicted octanol–water partition coefficient (Wildman–Crippen LogP) is 9.09. The van der Waals surface area contributed by atoms with E-state index in [1.165, 1.54) is 0 Å². The summed E-state index contributed by atoms with van der Waals surface area (Å²) in [6.45, 7) is 10.6. The molecule has 0 bridgehead atoms. The Bertz CT molecular complexity index is 2120. The first-order valence-corrected chi connectivity index (χ1v) is 21.7. The largest absolute Gasteiger partial charge is 0.508 e. The number of halogens is 2. The van der Waals surface area contributed by atoms with E-state index >= 15 is 4.79 Å². The van der Waals surface area contributed by atoms with Crippen LogP contribution in [0, 0.1) is 11.8 Å². The Balaban J connectivity index is 1.41. The van der Waals surface area contributed by atoms with E-state index in [1.54, 1.807) is 0 Å². The fraction of sp³-hybridized carbons (Fsp3) is 0.400. The molecule has 2 aromatic carbocycles. The highest BCUT2D eigenvalue weighted by Crippen LogP contribution is 2.60. The molecule has 7 rings (SSSR count). The van der Waals surface area contributed by atoms with Crippen molar-refractivity contribution in [3.8, 4) is 11.6 Å². The van der Waals surface area contributed by atoms with Crippen molar-refractivity contribution in [3.05, 3.63) is 115 Å². The van der Waals surface area contributed by atoms with Crippen molar-refractivity contribution in [3.63, 3.8) is 0 Å². The van der Waals surface area contributed by atoms with E-state index in [0.717, 1.165) is 11.1 Å². The third-order valence-corrected chi connectivity index (χ3v) is 16.6. The monoisotopic (exact) mass is 819 g/mol. The van der Waals surface area contributed by atoms with Crippen molar-refractivity contribution < 1.29 is 33.1 Å². The van der Waals surface area contributed by atoms with Crippen LogP contribution in [0.25, 0.3) is 0 Å². The number of aliphatic hydroxyl groups is 1. The Labute approximate surface area is 323 Å². The van der Waals surface area contributed by atoms with Crippen LogP contribution in [0.2, 0.25) is 23.3 Å². The molecule has 0 amide bonds. The summed E-state index contributed by atoms with van der Waals surface area (Å²) < 4.78 is 25.9. The van der Waals surface area contributed by atoms with Gasteiger partial charge in [-0.1, -0.05) is 93.0 Å². The number of benzene rings is 2. The van der Waals surface area contributed by atoms with Crippen LogP contribution < -0.4 is 9.47 Å². The Morgan fingerprint density at radius 2 is 1.60 bits per heavy atom. The van der Waals surface area contributed by atoms with Crippen molar-refractivity contribution in [2.24, 2.45) is 11.8 Å². The molecule has 4 aromatic rings. The van der Waals surface area contributed by atoms with E-state index in [1.807, 2.05) is 92.8 Å². The topological polar surface area (TPSA) is 124 Å². The zero-order valence-corrected chi connectivity index (χ0v) is 34.2. The number of hydrogen-bond donors (Lipinski definition) is 1. The minimum absolute atomic E-state index is 0.0102. The molecule has 53 heavy (non-hydrogen) atoms. The number of aliphatic hydroxyl groups excluding tert-OH is 1. The summed E-state index contributed by atoms with van der Waals surface area (Å²) in [5.74, 6) is -2.02. The van der Waals surface area contributed by atoms with Crippen LogP contribution in [0.15, 0.2) is 81.1 Å². The van der Waals surface area contributed by atoms with Gasteiger partial charge in [0.1, 0.15) is 29.7 Å². The normalized spacial score (nSPS) is 22.6. The van der Waals surface area contributed by atoms with E-state index in [-0.39, 0.29) is 62.8 Å². The van der Waals surface area contributed by atoms with Gasteiger partial charge in [0.05, 0.1) is 11.6 Å². The van der Waals surface area contributed by atoms with Gasteiger partial charge >= 0.3 is 0 Å². The van der Waals surface area contributed by atoms with Crippen LogP contribution in [0.1, 0.15) is 76.4 Å². The molecular weight excluding hydrogens is 778 g/mol.